The number of nitrogens with zero attached hydrogens (tertiary/aromatic N) is 1. The molecule has 0 aliphatic carbocycles. The summed E-state index contributed by atoms with van der Waals surface area (Å²) in [7, 11) is 0. The molecule has 0 saturated heterocycles. The molecule has 3 nitrogen and oxygen atoms in total. The third-order valence-corrected chi connectivity index (χ3v) is 0.129. The zero-order valence-corrected chi connectivity index (χ0v) is 2.47. The van der Waals surface area contributed by atoms with Gasteiger partial charge in [-0.2, -0.15) is 4.99 Å². The van der Waals surface area contributed by atoms with E-state index in [-0.39, 0.29) is 0 Å². The fourth-order valence-electron chi connectivity index (χ4n) is 0.0264. The lowest BCUT2D eigenvalue weighted by Gasteiger charge is -1.55. The van der Waals surface area contributed by atoms with Crippen molar-refractivity contribution in [3.05, 3.63) is 0 Å². The average molecular weight is 72.0 g/mol. The first kappa shape index (κ1) is 4.34. The molecule has 0 aromatic heterocycles. The van der Waals surface area contributed by atoms with Crippen LogP contribution in [0.5, 0.6) is 0 Å². The van der Waals surface area contributed by atoms with Gasteiger partial charge in [0.1, 0.15) is 0 Å². The van der Waals surface area contributed by atoms with Gasteiger partial charge < -0.3 is 0 Å². The Balaban J connectivity index is 2.93. The van der Waals surface area contributed by atoms with Crippen molar-refractivity contribution in [1.29, 1.82) is 0 Å². The lowest BCUT2D eigenvalue weighted by atomic mass is 11.3. The van der Waals surface area contributed by atoms with Crippen molar-refractivity contribution in [2.45, 2.75) is 0 Å². The lowest BCUT2D eigenvalue weighted by molar-refractivity contribution is 0.204. The van der Waals surface area contributed by atoms with Crippen LogP contribution in [0.4, 0.5) is 0 Å². The van der Waals surface area contributed by atoms with Gasteiger partial charge in [0, 0.05) is 0 Å². The third-order valence-electron chi connectivity index (χ3n) is 0.129. The quantitative estimate of drug-likeness (QED) is 0.310. The van der Waals surface area contributed by atoms with E-state index < -0.39 is 6.73 Å². The molecule has 0 aromatic carbocycles. The molecular formula is C2H2NO2. The van der Waals surface area contributed by atoms with Crippen LogP contribution in [0, 0.1) is 0 Å². The molecule has 3 heteroatoms. The van der Waals surface area contributed by atoms with Crippen LogP contribution in [0.3, 0.4) is 0 Å². The van der Waals surface area contributed by atoms with Crippen LogP contribution in [0.15, 0.2) is 4.99 Å². The molecule has 0 aromatic rings. The first-order chi connectivity index (χ1) is 2.41. The number of hydrogen-bond acceptors (Lipinski definition) is 2. The molecule has 0 heterocycles. The van der Waals surface area contributed by atoms with E-state index in [1.807, 2.05) is 0 Å². The molecule has 0 aliphatic heterocycles. The normalized spacial score (nSPS) is 5.80. The molecule has 0 N–H and O–H groups in total. The third kappa shape index (κ3) is 3.34. The summed E-state index contributed by atoms with van der Waals surface area (Å²) in [4.78, 5) is 11.5. The summed E-state index contributed by atoms with van der Waals surface area (Å²) >= 11 is 0. The zero-order chi connectivity index (χ0) is 4.12. The van der Waals surface area contributed by atoms with Gasteiger partial charge in [-0.3, -0.25) is 0 Å². The van der Waals surface area contributed by atoms with Gasteiger partial charge in [-0.15, -0.1) is 0 Å². The summed E-state index contributed by atoms with van der Waals surface area (Å²) in [6, 6.07) is 0. The summed E-state index contributed by atoms with van der Waals surface area (Å²) in [5.74, 6) is 0. The van der Waals surface area contributed by atoms with Crippen LogP contribution in [-0.4, -0.2) is 12.8 Å². The molecule has 27 valence electrons. The Morgan fingerprint density at radius 3 is 2.40 bits per heavy atom. The van der Waals surface area contributed by atoms with Crippen molar-refractivity contribution in [1.82, 2.24) is 0 Å². The van der Waals surface area contributed by atoms with Crippen LogP contribution in [0.2, 0.25) is 0 Å². The number of isocyanates is 1. The Kier molecular flexibility index (Phi) is 2.90. The molecule has 0 bridgehead atoms. The first-order valence-electron chi connectivity index (χ1n) is 1.03. The van der Waals surface area contributed by atoms with Gasteiger partial charge in [-0.1, -0.05) is 0 Å². The average Bonchev–Trinajstić information content (AvgIpc) is 1.41. The maximum atomic E-state index is 9.10. The van der Waals surface area contributed by atoms with E-state index in [9.17, 15) is 0 Å². The number of aliphatic imine (C=N–C) groups is 1. The van der Waals surface area contributed by atoms with Gasteiger partial charge >= 0.3 is 0 Å². The minimum atomic E-state index is -0.705. The van der Waals surface area contributed by atoms with Gasteiger partial charge in [0.15, 0.2) is 6.73 Å². The van der Waals surface area contributed by atoms with Crippen LogP contribution in [-0.2, 0) is 9.90 Å². The molecule has 0 amide bonds. The van der Waals surface area contributed by atoms with Crippen molar-refractivity contribution in [3.63, 3.8) is 0 Å². The highest BCUT2D eigenvalue weighted by Crippen LogP contribution is 1.48. The second kappa shape index (κ2) is 3.34. The number of rotatable bonds is 1. The van der Waals surface area contributed by atoms with Gasteiger partial charge in [0.2, 0.25) is 6.08 Å². The molecule has 0 fully saturated rings. The SMILES string of the molecule is [O]CN=C=O. The summed E-state index contributed by atoms with van der Waals surface area (Å²) < 4.78 is 0. The molecule has 1 radical (unpaired) electrons. The number of hydrogen-bond donors (Lipinski definition) is 0. The summed E-state index contributed by atoms with van der Waals surface area (Å²) in [5, 5.41) is 9.10. The minimum Gasteiger partial charge on any atom is -0.211 e. The summed E-state index contributed by atoms with van der Waals surface area (Å²) in [6.07, 6.45) is 1.08. The Bertz CT molecular complexity index is 54.7. The van der Waals surface area contributed by atoms with E-state index in [1.54, 1.807) is 0 Å². The predicted octanol–water partition coefficient (Wildman–Crippen LogP) is -0.290. The molecule has 5 heavy (non-hydrogen) atoms. The smallest absolute Gasteiger partial charge is 0.211 e. The fraction of sp³-hybridized carbons (Fsp3) is 0.500. The van der Waals surface area contributed by atoms with E-state index in [2.05, 4.69) is 4.99 Å². The first-order valence-corrected chi connectivity index (χ1v) is 1.03. The minimum absolute atomic E-state index is 0.705. The molecule has 0 atom stereocenters. The van der Waals surface area contributed by atoms with E-state index in [0.29, 0.717) is 0 Å². The predicted molar refractivity (Wildman–Crippen MR) is 13.7 cm³/mol. The molecule has 0 spiro atoms. The van der Waals surface area contributed by atoms with Gasteiger partial charge in [-0.05, 0) is 0 Å². The second-order valence-electron chi connectivity index (χ2n) is 0.379. The highest BCUT2D eigenvalue weighted by atomic mass is 16.3. The maximum absolute atomic E-state index is 9.10. The van der Waals surface area contributed by atoms with Gasteiger partial charge in [0.05, 0.1) is 0 Å². The van der Waals surface area contributed by atoms with Crippen molar-refractivity contribution in [2.24, 2.45) is 4.99 Å². The Hall–Kier alpha value is -0.660. The monoisotopic (exact) mass is 72.0 g/mol. The lowest BCUT2D eigenvalue weighted by Crippen LogP contribution is -1.63. The van der Waals surface area contributed by atoms with Crippen molar-refractivity contribution >= 4 is 6.08 Å². The molecule has 0 aliphatic rings. The maximum Gasteiger partial charge on any atom is 0.237 e. The van der Waals surface area contributed by atoms with Crippen LogP contribution in [0.25, 0.3) is 0 Å². The second-order valence-corrected chi connectivity index (χ2v) is 0.379. The molecular weight excluding hydrogens is 70.0 g/mol. The molecule has 0 saturated carbocycles. The molecule has 0 unspecified atom stereocenters. The van der Waals surface area contributed by atoms with Crippen LogP contribution >= 0.6 is 0 Å². The Morgan fingerprint density at radius 1 is 1.80 bits per heavy atom. The van der Waals surface area contributed by atoms with Gasteiger partial charge in [-0.25, -0.2) is 9.90 Å². The standard InChI is InChI=1S/C2H2NO2/c4-1-3-2-5/h1H2. The van der Waals surface area contributed by atoms with E-state index in [0.717, 1.165) is 6.08 Å². The van der Waals surface area contributed by atoms with Crippen molar-refractivity contribution in [3.8, 4) is 0 Å². The highest BCUT2D eigenvalue weighted by Gasteiger charge is 1.56. The van der Waals surface area contributed by atoms with Crippen molar-refractivity contribution < 1.29 is 9.90 Å². The van der Waals surface area contributed by atoms with E-state index in [4.69, 9.17) is 9.90 Å². The number of carbonyl (C=O) groups excluding carboxylic acids is 1. The van der Waals surface area contributed by atoms with E-state index >= 15 is 0 Å². The summed E-state index contributed by atoms with van der Waals surface area (Å²) in [5.41, 5.74) is 0. The largest absolute Gasteiger partial charge is 0.237 e. The fourth-order valence-corrected chi connectivity index (χ4v) is 0.0264. The van der Waals surface area contributed by atoms with Gasteiger partial charge in [0.25, 0.3) is 0 Å². The zero-order valence-electron chi connectivity index (χ0n) is 2.47. The van der Waals surface area contributed by atoms with Crippen molar-refractivity contribution in [2.75, 3.05) is 6.73 Å². The topological polar surface area (TPSA) is 49.3 Å². The Labute approximate surface area is 29.0 Å². The highest BCUT2D eigenvalue weighted by molar-refractivity contribution is 5.32. The van der Waals surface area contributed by atoms with Crippen LogP contribution in [0.1, 0.15) is 0 Å². The van der Waals surface area contributed by atoms with Crippen LogP contribution < -0.4 is 0 Å². The molecule has 0 rings (SSSR count). The Morgan fingerprint density at radius 2 is 2.40 bits per heavy atom. The van der Waals surface area contributed by atoms with E-state index in [1.165, 1.54) is 0 Å². The summed E-state index contributed by atoms with van der Waals surface area (Å²) in [6.45, 7) is -0.705.